The van der Waals surface area contributed by atoms with Crippen molar-refractivity contribution in [3.05, 3.63) is 65.5 Å². The number of amides is 2. The largest absolute Gasteiger partial charge is 0.493 e. The lowest BCUT2D eigenvalue weighted by Gasteiger charge is -2.21. The molecule has 0 aliphatic rings. The molecule has 7 heteroatoms. The van der Waals surface area contributed by atoms with Crippen molar-refractivity contribution in [2.24, 2.45) is 0 Å². The monoisotopic (exact) mass is 449 g/mol. The first kappa shape index (κ1) is 23.9. The van der Waals surface area contributed by atoms with Gasteiger partial charge in [0, 0.05) is 47.9 Å². The van der Waals surface area contributed by atoms with E-state index in [1.54, 1.807) is 29.2 Å². The molecule has 0 aliphatic carbocycles. The fourth-order valence-electron chi connectivity index (χ4n) is 3.81. The van der Waals surface area contributed by atoms with Gasteiger partial charge in [-0.2, -0.15) is 0 Å². The highest BCUT2D eigenvalue weighted by Crippen LogP contribution is 2.28. The summed E-state index contributed by atoms with van der Waals surface area (Å²) in [6, 6.07) is 12.9. The average Bonchev–Trinajstić information content (AvgIpc) is 3.21. The highest BCUT2D eigenvalue weighted by Gasteiger charge is 2.21. The zero-order valence-corrected chi connectivity index (χ0v) is 19.8. The van der Waals surface area contributed by atoms with Crippen LogP contribution in [0.3, 0.4) is 0 Å². The maximum Gasteiger partial charge on any atom is 0.270 e. The number of hydrogen-bond acceptors (Lipinski definition) is 4. The van der Waals surface area contributed by atoms with Crippen molar-refractivity contribution in [1.82, 2.24) is 14.8 Å². The number of aryl methyl sites for hydroxylation is 1. The Morgan fingerprint density at radius 2 is 1.70 bits per heavy atom. The van der Waals surface area contributed by atoms with Gasteiger partial charge in [-0.3, -0.25) is 9.59 Å². The molecule has 2 amide bonds. The van der Waals surface area contributed by atoms with E-state index >= 15 is 0 Å². The third-order valence-electron chi connectivity index (χ3n) is 5.63. The zero-order valence-electron chi connectivity index (χ0n) is 19.8. The van der Waals surface area contributed by atoms with Crippen molar-refractivity contribution in [3.63, 3.8) is 0 Å². The topological polar surface area (TPSA) is 72.8 Å². The molecule has 0 unspecified atom stereocenters. The van der Waals surface area contributed by atoms with Crippen LogP contribution in [0.25, 0.3) is 17.0 Å². The molecule has 0 fully saturated rings. The van der Waals surface area contributed by atoms with Crippen LogP contribution in [0.15, 0.2) is 54.4 Å². The second kappa shape index (κ2) is 10.7. The lowest BCUT2D eigenvalue weighted by atomic mass is 10.1. The summed E-state index contributed by atoms with van der Waals surface area (Å²) in [5.41, 5.74) is 2.53. The average molecular weight is 450 g/mol. The van der Waals surface area contributed by atoms with Gasteiger partial charge in [0.15, 0.2) is 11.5 Å². The predicted octanol–water partition coefficient (Wildman–Crippen LogP) is 4.32. The Kier molecular flexibility index (Phi) is 7.77. The molecule has 7 nitrogen and oxygen atoms in total. The second-order valence-electron chi connectivity index (χ2n) is 7.45. The molecule has 1 N–H and O–H groups in total. The number of fused-ring (bicyclic) bond motifs is 1. The maximum absolute atomic E-state index is 13.3. The third kappa shape index (κ3) is 5.03. The van der Waals surface area contributed by atoms with E-state index in [-0.39, 0.29) is 11.6 Å². The molecule has 0 atom stereocenters. The summed E-state index contributed by atoms with van der Waals surface area (Å²) in [4.78, 5) is 28.1. The number of carbonyl (C=O) groups excluding carboxylic acids is 2. The maximum atomic E-state index is 13.3. The number of para-hydroxylation sites is 1. The van der Waals surface area contributed by atoms with Gasteiger partial charge in [-0.1, -0.05) is 18.2 Å². The van der Waals surface area contributed by atoms with Crippen molar-refractivity contribution < 1.29 is 19.1 Å². The van der Waals surface area contributed by atoms with Crippen molar-refractivity contribution in [2.45, 2.75) is 27.3 Å². The van der Waals surface area contributed by atoms with E-state index in [4.69, 9.17) is 9.47 Å². The zero-order chi connectivity index (χ0) is 24.0. The van der Waals surface area contributed by atoms with Crippen LogP contribution < -0.4 is 14.8 Å². The predicted molar refractivity (Wildman–Crippen MR) is 131 cm³/mol. The molecule has 0 spiro atoms. The molecule has 2 aromatic carbocycles. The molecule has 0 saturated heterocycles. The van der Waals surface area contributed by atoms with Gasteiger partial charge in [0.2, 0.25) is 0 Å². The van der Waals surface area contributed by atoms with Gasteiger partial charge in [-0.15, -0.1) is 0 Å². The highest BCUT2D eigenvalue weighted by atomic mass is 16.5. The first-order chi connectivity index (χ1) is 16.0. The van der Waals surface area contributed by atoms with Gasteiger partial charge >= 0.3 is 0 Å². The Balaban J connectivity index is 2.04. The Labute approximate surface area is 194 Å². The standard InChI is InChI=1S/C26H31N3O4/c1-6-28(7-2)26(31)21(15-19-17-29(8-3)22-12-10-9-11-20(19)22)27-25(30)18-13-14-23(32-4)24(16-18)33-5/h9-17H,6-8H2,1-5H3,(H,27,30)/b21-15-. The Morgan fingerprint density at radius 1 is 1.00 bits per heavy atom. The summed E-state index contributed by atoms with van der Waals surface area (Å²) < 4.78 is 12.7. The smallest absolute Gasteiger partial charge is 0.270 e. The van der Waals surface area contributed by atoms with Gasteiger partial charge < -0.3 is 24.3 Å². The van der Waals surface area contributed by atoms with Crippen LogP contribution in [0, 0.1) is 0 Å². The molecule has 3 aromatic rings. The number of hydrogen-bond donors (Lipinski definition) is 1. The van der Waals surface area contributed by atoms with Crippen LogP contribution >= 0.6 is 0 Å². The van der Waals surface area contributed by atoms with Crippen molar-refractivity contribution in [3.8, 4) is 11.5 Å². The summed E-state index contributed by atoms with van der Waals surface area (Å²) in [7, 11) is 3.05. The summed E-state index contributed by atoms with van der Waals surface area (Å²) in [6.45, 7) is 7.77. The molecule has 33 heavy (non-hydrogen) atoms. The summed E-state index contributed by atoms with van der Waals surface area (Å²) in [5.74, 6) is 0.331. The van der Waals surface area contributed by atoms with Gasteiger partial charge in [0.05, 0.1) is 14.2 Å². The van der Waals surface area contributed by atoms with Crippen molar-refractivity contribution >= 4 is 28.8 Å². The van der Waals surface area contributed by atoms with Crippen LogP contribution in [0.1, 0.15) is 36.7 Å². The highest BCUT2D eigenvalue weighted by molar-refractivity contribution is 6.06. The number of benzene rings is 2. The van der Waals surface area contributed by atoms with E-state index in [0.717, 1.165) is 23.0 Å². The third-order valence-corrected chi connectivity index (χ3v) is 5.63. The van der Waals surface area contributed by atoms with E-state index in [0.29, 0.717) is 30.2 Å². The molecule has 0 aliphatic heterocycles. The Morgan fingerprint density at radius 3 is 2.33 bits per heavy atom. The van der Waals surface area contributed by atoms with Crippen molar-refractivity contribution in [2.75, 3.05) is 27.3 Å². The number of nitrogens with one attached hydrogen (secondary N) is 1. The number of nitrogens with zero attached hydrogens (tertiary/aromatic N) is 2. The fourth-order valence-corrected chi connectivity index (χ4v) is 3.81. The minimum Gasteiger partial charge on any atom is -0.493 e. The first-order valence-corrected chi connectivity index (χ1v) is 11.1. The minimum atomic E-state index is -0.401. The number of methoxy groups -OCH3 is 2. The van der Waals surface area contributed by atoms with E-state index in [9.17, 15) is 9.59 Å². The van der Waals surface area contributed by atoms with Gasteiger partial charge in [0.25, 0.3) is 11.8 Å². The quantitative estimate of drug-likeness (QED) is 0.494. The first-order valence-electron chi connectivity index (χ1n) is 11.1. The van der Waals surface area contributed by atoms with E-state index < -0.39 is 5.91 Å². The van der Waals surface area contributed by atoms with Crippen LogP contribution in [-0.4, -0.2) is 48.6 Å². The molecule has 0 bridgehead atoms. The van der Waals surface area contributed by atoms with Gasteiger partial charge in [-0.25, -0.2) is 0 Å². The number of rotatable bonds is 9. The fraction of sp³-hybridized carbons (Fsp3) is 0.308. The molecule has 0 saturated carbocycles. The lowest BCUT2D eigenvalue weighted by molar-refractivity contribution is -0.127. The van der Waals surface area contributed by atoms with Crippen LogP contribution in [0.2, 0.25) is 0 Å². The number of aromatic nitrogens is 1. The van der Waals surface area contributed by atoms with Gasteiger partial charge in [0.1, 0.15) is 5.70 Å². The molecular weight excluding hydrogens is 418 g/mol. The molecule has 1 aromatic heterocycles. The van der Waals surface area contributed by atoms with Crippen LogP contribution in [0.5, 0.6) is 11.5 Å². The number of carbonyl (C=O) groups is 2. The van der Waals surface area contributed by atoms with Crippen LogP contribution in [0.4, 0.5) is 0 Å². The van der Waals surface area contributed by atoms with Gasteiger partial charge in [-0.05, 0) is 51.1 Å². The summed E-state index contributed by atoms with van der Waals surface area (Å²) in [5, 5.41) is 3.85. The molecule has 3 rings (SSSR count). The second-order valence-corrected chi connectivity index (χ2v) is 7.45. The number of likely N-dealkylation sites (N-methyl/N-ethyl adjacent to an activating group) is 1. The molecule has 0 radical (unpaired) electrons. The normalized spacial score (nSPS) is 11.4. The summed E-state index contributed by atoms with van der Waals surface area (Å²) in [6.07, 6.45) is 3.76. The number of ether oxygens (including phenoxy) is 2. The van der Waals surface area contributed by atoms with Crippen LogP contribution in [-0.2, 0) is 11.3 Å². The Bertz CT molecular complexity index is 1180. The lowest BCUT2D eigenvalue weighted by Crippen LogP contribution is -2.38. The minimum absolute atomic E-state index is 0.220. The van der Waals surface area contributed by atoms with Crippen molar-refractivity contribution in [1.29, 1.82) is 0 Å². The van der Waals surface area contributed by atoms with E-state index in [1.807, 2.05) is 44.3 Å². The van der Waals surface area contributed by atoms with E-state index in [1.165, 1.54) is 14.2 Å². The molecule has 174 valence electrons. The molecular formula is C26H31N3O4. The van der Waals surface area contributed by atoms with E-state index in [2.05, 4.69) is 16.8 Å². The summed E-state index contributed by atoms with van der Waals surface area (Å²) >= 11 is 0. The molecule has 1 heterocycles. The SMILES string of the molecule is CCN(CC)C(=O)/C(=C/c1cn(CC)c2ccccc12)NC(=O)c1ccc(OC)c(OC)c1. The Hall–Kier alpha value is -3.74.